The van der Waals surface area contributed by atoms with Gasteiger partial charge in [-0.1, -0.05) is 55.5 Å². The molecule has 1 unspecified atom stereocenters. The molecule has 0 bridgehead atoms. The van der Waals surface area contributed by atoms with E-state index in [-0.39, 0.29) is 5.97 Å². The van der Waals surface area contributed by atoms with Crippen molar-refractivity contribution < 1.29 is 14.3 Å². The number of carbonyl (C=O) groups excluding carboxylic acids is 1. The molecule has 2 aromatic carbocycles. The van der Waals surface area contributed by atoms with E-state index in [1.807, 2.05) is 68.4 Å². The molecule has 0 radical (unpaired) electrons. The number of benzene rings is 2. The lowest BCUT2D eigenvalue weighted by Gasteiger charge is -2.31. The van der Waals surface area contributed by atoms with Gasteiger partial charge in [0.15, 0.2) is 0 Å². The van der Waals surface area contributed by atoms with Crippen LogP contribution in [-0.4, -0.2) is 19.7 Å². The normalized spacial score (nSPS) is 13.2. The van der Waals surface area contributed by atoms with Crippen LogP contribution < -0.4 is 4.74 Å². The van der Waals surface area contributed by atoms with Crippen molar-refractivity contribution in [3.63, 3.8) is 0 Å². The second-order valence-electron chi connectivity index (χ2n) is 5.51. The van der Waals surface area contributed by atoms with Gasteiger partial charge in [0.05, 0.1) is 19.1 Å². The summed E-state index contributed by atoms with van der Waals surface area (Å²) in [4.78, 5) is 12.8. The molecule has 122 valence electrons. The van der Waals surface area contributed by atoms with Crippen molar-refractivity contribution in [1.29, 1.82) is 0 Å². The summed E-state index contributed by atoms with van der Waals surface area (Å²) in [5.41, 5.74) is 1.28. The number of hydrogen-bond donors (Lipinski definition) is 0. The van der Waals surface area contributed by atoms with Crippen molar-refractivity contribution >= 4 is 5.97 Å². The van der Waals surface area contributed by atoms with Crippen LogP contribution in [-0.2, 0) is 21.4 Å². The van der Waals surface area contributed by atoms with Crippen LogP contribution in [0.5, 0.6) is 5.75 Å². The van der Waals surface area contributed by atoms with Gasteiger partial charge in [-0.15, -0.1) is 0 Å². The summed E-state index contributed by atoms with van der Waals surface area (Å²) in [7, 11) is 1.65. The molecule has 0 amide bonds. The molecule has 0 spiro atoms. The molecule has 2 aromatic rings. The summed E-state index contributed by atoms with van der Waals surface area (Å²) < 4.78 is 10.9. The lowest BCUT2D eigenvalue weighted by atomic mass is 9.73. The molecule has 0 heterocycles. The summed E-state index contributed by atoms with van der Waals surface area (Å²) in [6.45, 7) is 4.24. The molecule has 0 aliphatic heterocycles. The van der Waals surface area contributed by atoms with Crippen molar-refractivity contribution in [2.24, 2.45) is 0 Å². The van der Waals surface area contributed by atoms with E-state index in [1.54, 1.807) is 7.11 Å². The highest BCUT2D eigenvalue weighted by Gasteiger charge is 2.40. The Morgan fingerprint density at radius 2 is 1.65 bits per heavy atom. The first-order valence-electron chi connectivity index (χ1n) is 8.02. The zero-order valence-electron chi connectivity index (χ0n) is 14.0. The average molecular weight is 312 g/mol. The van der Waals surface area contributed by atoms with Gasteiger partial charge in [0, 0.05) is 0 Å². The highest BCUT2D eigenvalue weighted by Crippen LogP contribution is 2.36. The van der Waals surface area contributed by atoms with Crippen LogP contribution in [0.15, 0.2) is 54.6 Å². The summed E-state index contributed by atoms with van der Waals surface area (Å²) in [5.74, 6) is 0.616. The molecule has 3 nitrogen and oxygen atoms in total. The smallest absolute Gasteiger partial charge is 0.316 e. The van der Waals surface area contributed by atoms with Crippen LogP contribution >= 0.6 is 0 Å². The maximum atomic E-state index is 12.8. The zero-order chi connectivity index (χ0) is 16.7. The van der Waals surface area contributed by atoms with Crippen LogP contribution in [0.25, 0.3) is 0 Å². The molecule has 0 saturated carbocycles. The Balaban J connectivity index is 2.51. The van der Waals surface area contributed by atoms with Gasteiger partial charge >= 0.3 is 5.97 Å². The van der Waals surface area contributed by atoms with Crippen LogP contribution in [0, 0.1) is 0 Å². The molecule has 0 fully saturated rings. The highest BCUT2D eigenvalue weighted by atomic mass is 16.5. The SMILES string of the molecule is CCOC(=O)C(CC)(Cc1ccccc1OC)c1ccccc1. The molecule has 3 heteroatoms. The number of rotatable bonds is 7. The minimum absolute atomic E-state index is 0.181. The third-order valence-corrected chi connectivity index (χ3v) is 4.28. The van der Waals surface area contributed by atoms with Crippen LogP contribution in [0.3, 0.4) is 0 Å². The maximum Gasteiger partial charge on any atom is 0.316 e. The van der Waals surface area contributed by atoms with Gasteiger partial charge in [0.25, 0.3) is 0 Å². The Kier molecular flexibility index (Phi) is 5.80. The van der Waals surface area contributed by atoms with E-state index in [0.717, 1.165) is 16.9 Å². The second-order valence-corrected chi connectivity index (χ2v) is 5.51. The Bertz CT molecular complexity index is 636. The average Bonchev–Trinajstić information content (AvgIpc) is 2.61. The van der Waals surface area contributed by atoms with Crippen LogP contribution in [0.1, 0.15) is 31.4 Å². The number of esters is 1. The van der Waals surface area contributed by atoms with E-state index < -0.39 is 5.41 Å². The first-order chi connectivity index (χ1) is 11.2. The topological polar surface area (TPSA) is 35.5 Å². The fraction of sp³-hybridized carbons (Fsp3) is 0.350. The molecular formula is C20H24O3. The molecule has 0 aliphatic rings. The predicted octanol–water partition coefficient (Wildman–Crippen LogP) is 4.15. The molecule has 0 saturated heterocycles. The van der Waals surface area contributed by atoms with Gasteiger partial charge in [-0.25, -0.2) is 0 Å². The Morgan fingerprint density at radius 1 is 1.00 bits per heavy atom. The van der Waals surface area contributed by atoms with Crippen LogP contribution in [0.4, 0.5) is 0 Å². The van der Waals surface area contributed by atoms with Crippen molar-refractivity contribution in [3.05, 3.63) is 65.7 Å². The molecule has 1 atom stereocenters. The van der Waals surface area contributed by atoms with Crippen molar-refractivity contribution in [2.75, 3.05) is 13.7 Å². The van der Waals surface area contributed by atoms with E-state index in [9.17, 15) is 4.79 Å². The van der Waals surface area contributed by atoms with E-state index in [1.165, 1.54) is 0 Å². The number of hydrogen-bond acceptors (Lipinski definition) is 3. The minimum atomic E-state index is -0.702. The lowest BCUT2D eigenvalue weighted by molar-refractivity contribution is -0.150. The Hall–Kier alpha value is -2.29. The first-order valence-corrected chi connectivity index (χ1v) is 8.02. The van der Waals surface area contributed by atoms with Gasteiger partial charge < -0.3 is 9.47 Å². The molecule has 2 rings (SSSR count). The monoisotopic (exact) mass is 312 g/mol. The number of methoxy groups -OCH3 is 1. The van der Waals surface area contributed by atoms with Gasteiger partial charge in [-0.2, -0.15) is 0 Å². The van der Waals surface area contributed by atoms with Crippen molar-refractivity contribution in [3.8, 4) is 5.75 Å². The fourth-order valence-electron chi connectivity index (χ4n) is 2.97. The molecular weight excluding hydrogens is 288 g/mol. The Morgan fingerprint density at radius 3 is 2.26 bits per heavy atom. The zero-order valence-corrected chi connectivity index (χ0v) is 14.0. The fourth-order valence-corrected chi connectivity index (χ4v) is 2.97. The highest BCUT2D eigenvalue weighted by molar-refractivity contribution is 5.83. The lowest BCUT2D eigenvalue weighted by Crippen LogP contribution is -2.39. The second kappa shape index (κ2) is 7.82. The first kappa shape index (κ1) is 17.1. The quantitative estimate of drug-likeness (QED) is 0.721. The van der Waals surface area contributed by atoms with Crippen molar-refractivity contribution in [2.45, 2.75) is 32.1 Å². The molecule has 0 aliphatic carbocycles. The summed E-state index contributed by atoms with van der Waals surface area (Å²) in [5, 5.41) is 0. The van der Waals surface area contributed by atoms with Crippen LogP contribution in [0.2, 0.25) is 0 Å². The van der Waals surface area contributed by atoms with Gasteiger partial charge in [0.1, 0.15) is 5.75 Å². The van der Waals surface area contributed by atoms with Crippen molar-refractivity contribution in [1.82, 2.24) is 0 Å². The van der Waals surface area contributed by atoms with E-state index >= 15 is 0 Å². The summed E-state index contributed by atoms with van der Waals surface area (Å²) >= 11 is 0. The molecule has 0 N–H and O–H groups in total. The third-order valence-electron chi connectivity index (χ3n) is 4.28. The summed E-state index contributed by atoms with van der Waals surface area (Å²) in [6, 6.07) is 17.7. The third kappa shape index (κ3) is 3.55. The number of carbonyl (C=O) groups is 1. The minimum Gasteiger partial charge on any atom is -0.496 e. The molecule has 0 aromatic heterocycles. The maximum absolute atomic E-state index is 12.8. The largest absolute Gasteiger partial charge is 0.496 e. The van der Waals surface area contributed by atoms with E-state index in [0.29, 0.717) is 19.4 Å². The van der Waals surface area contributed by atoms with E-state index in [2.05, 4.69) is 0 Å². The predicted molar refractivity (Wildman–Crippen MR) is 91.7 cm³/mol. The van der Waals surface area contributed by atoms with Gasteiger partial charge in [-0.05, 0) is 37.0 Å². The standard InChI is InChI=1S/C20H24O3/c1-4-20(19(21)23-5-2,17-12-7-6-8-13-17)15-16-11-9-10-14-18(16)22-3/h6-14H,4-5,15H2,1-3H3. The van der Waals surface area contributed by atoms with Gasteiger partial charge in [0.2, 0.25) is 0 Å². The number of ether oxygens (including phenoxy) is 2. The number of para-hydroxylation sites is 1. The van der Waals surface area contributed by atoms with E-state index in [4.69, 9.17) is 9.47 Å². The van der Waals surface area contributed by atoms with Gasteiger partial charge in [-0.3, -0.25) is 4.79 Å². The Labute approximate surface area is 138 Å². The molecule has 23 heavy (non-hydrogen) atoms. The summed E-state index contributed by atoms with van der Waals surface area (Å²) in [6.07, 6.45) is 1.21.